The van der Waals surface area contributed by atoms with Crippen LogP contribution >= 0.6 is 0 Å². The molecule has 5 rings (SSSR count). The molecular formula is C21H24N4O4. The first-order chi connectivity index (χ1) is 14.2. The lowest BCUT2D eigenvalue weighted by atomic mass is 10.0. The van der Waals surface area contributed by atoms with Gasteiger partial charge in [0.1, 0.15) is 12.4 Å². The first-order valence-corrected chi connectivity index (χ1v) is 10.2. The quantitative estimate of drug-likeness (QED) is 0.857. The Kier molecular flexibility index (Phi) is 4.61. The summed E-state index contributed by atoms with van der Waals surface area (Å²) in [6.07, 6.45) is 4.60. The highest BCUT2D eigenvalue weighted by molar-refractivity contribution is 5.93. The van der Waals surface area contributed by atoms with Gasteiger partial charge in [0, 0.05) is 25.1 Å². The Morgan fingerprint density at radius 1 is 1.03 bits per heavy atom. The summed E-state index contributed by atoms with van der Waals surface area (Å²) in [6, 6.07) is 9.40. The predicted molar refractivity (Wildman–Crippen MR) is 105 cm³/mol. The van der Waals surface area contributed by atoms with E-state index < -0.39 is 6.10 Å². The lowest BCUT2D eigenvalue weighted by Gasteiger charge is -2.35. The van der Waals surface area contributed by atoms with Gasteiger partial charge in [-0.15, -0.1) is 0 Å². The maximum absolute atomic E-state index is 12.9. The third kappa shape index (κ3) is 3.66. The highest BCUT2D eigenvalue weighted by Gasteiger charge is 2.34. The topological polar surface area (TPSA) is 85.7 Å². The number of likely N-dealkylation sites (tertiary alicyclic amines) is 1. The fraction of sp³-hybridized carbons (Fsp3) is 0.476. The Labute approximate surface area is 168 Å². The van der Waals surface area contributed by atoms with Crippen molar-refractivity contribution in [1.82, 2.24) is 14.7 Å². The van der Waals surface area contributed by atoms with Crippen molar-refractivity contribution in [2.45, 2.75) is 37.8 Å². The molecule has 8 nitrogen and oxygen atoms in total. The first kappa shape index (κ1) is 18.0. The lowest BCUT2D eigenvalue weighted by Crippen LogP contribution is -2.49. The molecule has 2 amide bonds. The number of ether oxygens (including phenoxy) is 2. The van der Waals surface area contributed by atoms with Crippen LogP contribution in [0.1, 0.15) is 31.7 Å². The van der Waals surface area contributed by atoms with Crippen molar-refractivity contribution in [3.05, 3.63) is 36.5 Å². The molecule has 1 aromatic carbocycles. The number of anilines is 1. The van der Waals surface area contributed by atoms with Gasteiger partial charge >= 0.3 is 0 Å². The number of nitrogens with one attached hydrogen (secondary N) is 1. The molecule has 2 aliphatic heterocycles. The minimum absolute atomic E-state index is 0.0410. The number of hydrogen-bond donors (Lipinski definition) is 1. The number of carbonyl (C=O) groups excluding carboxylic acids is 2. The smallest absolute Gasteiger partial charge is 0.267 e. The summed E-state index contributed by atoms with van der Waals surface area (Å²) in [7, 11) is 0. The van der Waals surface area contributed by atoms with Gasteiger partial charge in [-0.25, -0.2) is 4.68 Å². The third-order valence-corrected chi connectivity index (χ3v) is 5.78. The van der Waals surface area contributed by atoms with Crippen LogP contribution in [-0.4, -0.2) is 52.3 Å². The molecule has 1 saturated carbocycles. The zero-order valence-electron chi connectivity index (χ0n) is 16.1. The van der Waals surface area contributed by atoms with Crippen molar-refractivity contribution >= 4 is 17.6 Å². The summed E-state index contributed by atoms with van der Waals surface area (Å²) < 4.78 is 13.4. The van der Waals surface area contributed by atoms with Gasteiger partial charge in [-0.1, -0.05) is 12.1 Å². The number of nitrogens with zero attached hydrogens (tertiary/aromatic N) is 3. The minimum Gasteiger partial charge on any atom is -0.485 e. The second-order valence-corrected chi connectivity index (χ2v) is 7.85. The van der Waals surface area contributed by atoms with Crippen LogP contribution in [-0.2, 0) is 9.59 Å². The largest absolute Gasteiger partial charge is 0.485 e. The van der Waals surface area contributed by atoms with E-state index in [1.54, 1.807) is 6.20 Å². The molecule has 0 bridgehead atoms. The van der Waals surface area contributed by atoms with Gasteiger partial charge in [-0.05, 0) is 37.8 Å². The Morgan fingerprint density at radius 3 is 2.55 bits per heavy atom. The number of amides is 2. The zero-order valence-corrected chi connectivity index (χ0v) is 16.1. The van der Waals surface area contributed by atoms with E-state index in [1.165, 1.54) is 0 Å². The van der Waals surface area contributed by atoms with Crippen LogP contribution in [0.4, 0.5) is 5.82 Å². The molecular weight excluding hydrogens is 372 g/mol. The van der Waals surface area contributed by atoms with Crippen LogP contribution in [0.2, 0.25) is 0 Å². The molecule has 3 heterocycles. The minimum atomic E-state index is -0.612. The molecule has 1 N–H and O–H groups in total. The van der Waals surface area contributed by atoms with Gasteiger partial charge in [-0.2, -0.15) is 5.10 Å². The Balaban J connectivity index is 1.19. The van der Waals surface area contributed by atoms with E-state index in [9.17, 15) is 9.59 Å². The van der Waals surface area contributed by atoms with Gasteiger partial charge in [-0.3, -0.25) is 9.59 Å². The third-order valence-electron chi connectivity index (χ3n) is 5.78. The van der Waals surface area contributed by atoms with Crippen molar-refractivity contribution < 1.29 is 19.1 Å². The van der Waals surface area contributed by atoms with Crippen LogP contribution in [0.3, 0.4) is 0 Å². The zero-order chi connectivity index (χ0) is 19.8. The SMILES string of the molecule is O=C(Nc1ccnn1C1CCN(C(=O)[C@H]2COc3ccccc3O2)CC1)C1CC1. The van der Waals surface area contributed by atoms with E-state index in [0.717, 1.165) is 31.5 Å². The summed E-state index contributed by atoms with van der Waals surface area (Å²) in [6.45, 7) is 1.48. The van der Waals surface area contributed by atoms with E-state index in [4.69, 9.17) is 9.47 Å². The number of rotatable bonds is 4. The van der Waals surface area contributed by atoms with Crippen molar-refractivity contribution in [2.24, 2.45) is 5.92 Å². The van der Waals surface area contributed by atoms with Crippen LogP contribution < -0.4 is 14.8 Å². The van der Waals surface area contributed by atoms with E-state index in [-0.39, 0.29) is 30.4 Å². The number of piperidine rings is 1. The number of carbonyl (C=O) groups is 2. The molecule has 152 valence electrons. The first-order valence-electron chi connectivity index (χ1n) is 10.2. The van der Waals surface area contributed by atoms with Gasteiger partial charge in [0.05, 0.1) is 12.2 Å². The summed E-state index contributed by atoms with van der Waals surface area (Å²) in [5.41, 5.74) is 0. The molecule has 29 heavy (non-hydrogen) atoms. The van der Waals surface area contributed by atoms with Gasteiger partial charge in [0.2, 0.25) is 12.0 Å². The number of fused-ring (bicyclic) bond motifs is 1. The molecule has 0 spiro atoms. The van der Waals surface area contributed by atoms with E-state index in [2.05, 4.69) is 10.4 Å². The van der Waals surface area contributed by atoms with Crippen molar-refractivity contribution in [2.75, 3.05) is 25.0 Å². The normalized spacial score (nSPS) is 21.7. The molecule has 0 unspecified atom stereocenters. The molecule has 1 saturated heterocycles. The average molecular weight is 396 g/mol. The second kappa shape index (κ2) is 7.42. The summed E-state index contributed by atoms with van der Waals surface area (Å²) in [5.74, 6) is 2.22. The molecule has 3 aliphatic rings. The fourth-order valence-corrected chi connectivity index (χ4v) is 3.95. The van der Waals surface area contributed by atoms with E-state index in [0.29, 0.717) is 24.6 Å². The Hall–Kier alpha value is -3.03. The lowest BCUT2D eigenvalue weighted by molar-refractivity contribution is -0.142. The predicted octanol–water partition coefficient (Wildman–Crippen LogP) is 2.24. The van der Waals surface area contributed by atoms with Gasteiger partial charge in [0.15, 0.2) is 11.5 Å². The van der Waals surface area contributed by atoms with E-state index >= 15 is 0 Å². The van der Waals surface area contributed by atoms with E-state index in [1.807, 2.05) is 39.9 Å². The van der Waals surface area contributed by atoms with Crippen LogP contribution in [0.5, 0.6) is 11.5 Å². The molecule has 0 radical (unpaired) electrons. The van der Waals surface area contributed by atoms with Gasteiger partial charge < -0.3 is 19.7 Å². The summed E-state index contributed by atoms with van der Waals surface area (Å²) in [4.78, 5) is 26.8. The highest BCUT2D eigenvalue weighted by Crippen LogP contribution is 2.33. The van der Waals surface area contributed by atoms with Crippen molar-refractivity contribution in [3.63, 3.8) is 0 Å². The molecule has 8 heteroatoms. The maximum Gasteiger partial charge on any atom is 0.267 e. The van der Waals surface area contributed by atoms with Crippen LogP contribution in [0.15, 0.2) is 36.5 Å². The molecule has 1 atom stereocenters. The molecule has 1 aliphatic carbocycles. The number of benzene rings is 1. The van der Waals surface area contributed by atoms with Crippen LogP contribution in [0.25, 0.3) is 0 Å². The Morgan fingerprint density at radius 2 is 1.79 bits per heavy atom. The molecule has 1 aromatic heterocycles. The van der Waals surface area contributed by atoms with Gasteiger partial charge in [0.25, 0.3) is 5.91 Å². The Bertz CT molecular complexity index is 915. The van der Waals surface area contributed by atoms with Crippen molar-refractivity contribution in [3.8, 4) is 11.5 Å². The average Bonchev–Trinajstić information content (AvgIpc) is 3.53. The monoisotopic (exact) mass is 396 g/mol. The molecule has 2 aromatic rings. The maximum atomic E-state index is 12.9. The number of para-hydroxylation sites is 2. The second-order valence-electron chi connectivity index (χ2n) is 7.85. The fourth-order valence-electron chi connectivity index (χ4n) is 3.95. The summed E-state index contributed by atoms with van der Waals surface area (Å²) >= 11 is 0. The summed E-state index contributed by atoms with van der Waals surface area (Å²) in [5, 5.41) is 7.40. The van der Waals surface area contributed by atoms with Crippen LogP contribution in [0, 0.1) is 5.92 Å². The molecule has 2 fully saturated rings. The number of hydrogen-bond acceptors (Lipinski definition) is 5. The standard InChI is InChI=1S/C21H24N4O4/c26-20(14-5-6-14)23-19-7-10-22-25(19)15-8-11-24(12-9-15)21(27)18-13-28-16-3-1-2-4-17(16)29-18/h1-4,7,10,14-15,18H,5-6,8-9,11-13H2,(H,23,26)/t18-/m1/s1. The number of aromatic nitrogens is 2. The van der Waals surface area contributed by atoms with Crippen molar-refractivity contribution in [1.29, 1.82) is 0 Å². The highest BCUT2D eigenvalue weighted by atomic mass is 16.6.